The van der Waals surface area contributed by atoms with Gasteiger partial charge < -0.3 is 0 Å². The Bertz CT molecular complexity index is 691. The summed E-state index contributed by atoms with van der Waals surface area (Å²) in [7, 11) is -3.55. The van der Waals surface area contributed by atoms with Crippen LogP contribution in [0.4, 0.5) is 0 Å². The molecule has 20 heavy (non-hydrogen) atoms. The molecule has 0 aliphatic carbocycles. The van der Waals surface area contributed by atoms with Crippen molar-refractivity contribution < 1.29 is 8.42 Å². The standard InChI is InChI=1S/C11H16ClN5O2S/c1-3-17-9(2)11(7-14-17)20(18,19)15-4-5-16-8-10(12)6-13-16/h6-8,15H,3-5H2,1-2H3. The first-order chi connectivity index (χ1) is 9.44. The summed E-state index contributed by atoms with van der Waals surface area (Å²) in [5.41, 5.74) is 0.627. The highest BCUT2D eigenvalue weighted by Crippen LogP contribution is 2.13. The fourth-order valence-corrected chi connectivity index (χ4v) is 3.20. The second-order valence-electron chi connectivity index (χ2n) is 4.23. The fourth-order valence-electron chi connectivity index (χ4n) is 1.84. The van der Waals surface area contributed by atoms with Gasteiger partial charge in [0.05, 0.1) is 29.7 Å². The monoisotopic (exact) mass is 317 g/mol. The van der Waals surface area contributed by atoms with E-state index in [9.17, 15) is 8.42 Å². The third kappa shape index (κ3) is 3.20. The number of hydrogen-bond donors (Lipinski definition) is 1. The van der Waals surface area contributed by atoms with Crippen molar-refractivity contribution in [2.75, 3.05) is 6.54 Å². The minimum Gasteiger partial charge on any atom is -0.270 e. The summed E-state index contributed by atoms with van der Waals surface area (Å²) in [6, 6.07) is 0. The van der Waals surface area contributed by atoms with Crippen LogP contribution < -0.4 is 4.72 Å². The molecule has 0 radical (unpaired) electrons. The molecule has 0 unspecified atom stereocenters. The Kier molecular flexibility index (Phi) is 4.46. The van der Waals surface area contributed by atoms with Gasteiger partial charge in [0.25, 0.3) is 0 Å². The van der Waals surface area contributed by atoms with E-state index in [2.05, 4.69) is 14.9 Å². The molecule has 0 saturated carbocycles. The molecule has 2 heterocycles. The van der Waals surface area contributed by atoms with E-state index in [4.69, 9.17) is 11.6 Å². The Labute approximate surface area is 122 Å². The van der Waals surface area contributed by atoms with Crippen LogP contribution in [0.1, 0.15) is 12.6 Å². The van der Waals surface area contributed by atoms with Gasteiger partial charge >= 0.3 is 0 Å². The molecule has 0 saturated heterocycles. The van der Waals surface area contributed by atoms with Crippen LogP contribution >= 0.6 is 11.6 Å². The van der Waals surface area contributed by atoms with Crippen molar-refractivity contribution in [3.63, 3.8) is 0 Å². The molecular weight excluding hydrogens is 302 g/mol. The molecule has 110 valence electrons. The number of rotatable bonds is 6. The van der Waals surface area contributed by atoms with E-state index in [1.807, 2.05) is 6.92 Å². The summed E-state index contributed by atoms with van der Waals surface area (Å²) >= 11 is 5.73. The van der Waals surface area contributed by atoms with Crippen molar-refractivity contribution in [1.82, 2.24) is 24.3 Å². The first-order valence-corrected chi connectivity index (χ1v) is 8.00. The Balaban J connectivity index is 2.02. The van der Waals surface area contributed by atoms with E-state index >= 15 is 0 Å². The molecule has 2 rings (SSSR count). The maximum atomic E-state index is 12.2. The van der Waals surface area contributed by atoms with Crippen LogP contribution in [0.25, 0.3) is 0 Å². The summed E-state index contributed by atoms with van der Waals surface area (Å²) in [6.07, 6.45) is 4.51. The predicted molar refractivity (Wildman–Crippen MR) is 75.1 cm³/mol. The van der Waals surface area contributed by atoms with Crippen LogP contribution in [0, 0.1) is 6.92 Å². The Hall–Kier alpha value is -1.38. The van der Waals surface area contributed by atoms with Gasteiger partial charge in [0, 0.05) is 19.3 Å². The van der Waals surface area contributed by atoms with E-state index < -0.39 is 10.0 Å². The van der Waals surface area contributed by atoms with Crippen molar-refractivity contribution in [2.24, 2.45) is 0 Å². The maximum Gasteiger partial charge on any atom is 0.244 e. The predicted octanol–water partition coefficient (Wildman–Crippen LogP) is 1.04. The number of halogens is 1. The molecule has 7 nitrogen and oxygen atoms in total. The largest absolute Gasteiger partial charge is 0.270 e. The molecule has 0 aliphatic rings. The Morgan fingerprint density at radius 1 is 1.35 bits per heavy atom. The molecule has 2 aromatic rings. The topological polar surface area (TPSA) is 81.8 Å². The van der Waals surface area contributed by atoms with E-state index in [0.29, 0.717) is 23.8 Å². The molecule has 0 bridgehead atoms. The van der Waals surface area contributed by atoms with Gasteiger partial charge in [-0.25, -0.2) is 13.1 Å². The van der Waals surface area contributed by atoms with Crippen molar-refractivity contribution in [1.29, 1.82) is 0 Å². The SMILES string of the molecule is CCn1ncc(S(=O)(=O)NCCn2cc(Cl)cn2)c1C. The molecule has 0 spiro atoms. The van der Waals surface area contributed by atoms with Crippen LogP contribution in [-0.2, 0) is 23.1 Å². The number of aromatic nitrogens is 4. The lowest BCUT2D eigenvalue weighted by Crippen LogP contribution is -2.28. The van der Waals surface area contributed by atoms with Crippen LogP contribution in [0.5, 0.6) is 0 Å². The van der Waals surface area contributed by atoms with Gasteiger partial charge in [-0.15, -0.1) is 0 Å². The smallest absolute Gasteiger partial charge is 0.244 e. The second-order valence-corrected chi connectivity index (χ2v) is 6.40. The summed E-state index contributed by atoms with van der Waals surface area (Å²) < 4.78 is 30.1. The highest BCUT2D eigenvalue weighted by Gasteiger charge is 2.19. The zero-order chi connectivity index (χ0) is 14.8. The first kappa shape index (κ1) is 15.0. The molecule has 0 aliphatic heterocycles. The molecule has 2 aromatic heterocycles. The number of nitrogens with zero attached hydrogens (tertiary/aromatic N) is 4. The molecule has 9 heteroatoms. The molecule has 0 atom stereocenters. The lowest BCUT2D eigenvalue weighted by Gasteiger charge is -2.06. The lowest BCUT2D eigenvalue weighted by molar-refractivity contribution is 0.559. The normalized spacial score (nSPS) is 11.9. The average Bonchev–Trinajstić information content (AvgIpc) is 2.95. The zero-order valence-electron chi connectivity index (χ0n) is 11.2. The zero-order valence-corrected chi connectivity index (χ0v) is 12.8. The van der Waals surface area contributed by atoms with Gasteiger partial charge in [0.2, 0.25) is 10.0 Å². The van der Waals surface area contributed by atoms with Gasteiger partial charge in [0.1, 0.15) is 4.90 Å². The minimum atomic E-state index is -3.55. The van der Waals surface area contributed by atoms with Gasteiger partial charge in [-0.3, -0.25) is 9.36 Å². The van der Waals surface area contributed by atoms with E-state index in [1.54, 1.807) is 22.5 Å². The molecule has 0 amide bonds. The van der Waals surface area contributed by atoms with Crippen molar-refractivity contribution in [3.05, 3.63) is 29.3 Å². The van der Waals surface area contributed by atoms with Crippen LogP contribution in [0.3, 0.4) is 0 Å². The lowest BCUT2D eigenvalue weighted by atomic mass is 10.5. The second kappa shape index (κ2) is 5.94. The van der Waals surface area contributed by atoms with Gasteiger partial charge in [-0.2, -0.15) is 10.2 Å². The number of sulfonamides is 1. The number of aryl methyl sites for hydroxylation is 1. The third-order valence-electron chi connectivity index (χ3n) is 2.88. The van der Waals surface area contributed by atoms with E-state index in [0.717, 1.165) is 0 Å². The molecular formula is C11H16ClN5O2S. The Morgan fingerprint density at radius 3 is 2.65 bits per heavy atom. The highest BCUT2D eigenvalue weighted by molar-refractivity contribution is 7.89. The van der Waals surface area contributed by atoms with Crippen molar-refractivity contribution in [3.8, 4) is 0 Å². The van der Waals surface area contributed by atoms with E-state index in [-0.39, 0.29) is 11.4 Å². The minimum absolute atomic E-state index is 0.206. The third-order valence-corrected chi connectivity index (χ3v) is 4.64. The number of nitrogens with one attached hydrogen (secondary N) is 1. The fraction of sp³-hybridized carbons (Fsp3) is 0.455. The van der Waals surface area contributed by atoms with Crippen LogP contribution in [-0.4, -0.2) is 34.5 Å². The van der Waals surface area contributed by atoms with E-state index in [1.165, 1.54) is 12.4 Å². The van der Waals surface area contributed by atoms with Crippen molar-refractivity contribution in [2.45, 2.75) is 31.8 Å². The highest BCUT2D eigenvalue weighted by atomic mass is 35.5. The quantitative estimate of drug-likeness (QED) is 0.863. The van der Waals surface area contributed by atoms with Gasteiger partial charge in [-0.05, 0) is 13.8 Å². The summed E-state index contributed by atoms with van der Waals surface area (Å²) in [5, 5.41) is 8.53. The average molecular weight is 318 g/mol. The van der Waals surface area contributed by atoms with Crippen molar-refractivity contribution >= 4 is 21.6 Å². The molecule has 1 N–H and O–H groups in total. The maximum absolute atomic E-state index is 12.2. The van der Waals surface area contributed by atoms with Gasteiger partial charge in [0.15, 0.2) is 0 Å². The summed E-state index contributed by atoms with van der Waals surface area (Å²) in [4.78, 5) is 0.206. The molecule has 0 aromatic carbocycles. The summed E-state index contributed by atoms with van der Waals surface area (Å²) in [5.74, 6) is 0. The first-order valence-electron chi connectivity index (χ1n) is 6.14. The number of hydrogen-bond acceptors (Lipinski definition) is 4. The van der Waals surface area contributed by atoms with Crippen LogP contribution in [0.15, 0.2) is 23.5 Å². The summed E-state index contributed by atoms with van der Waals surface area (Å²) in [6.45, 7) is 4.92. The Morgan fingerprint density at radius 2 is 2.10 bits per heavy atom. The van der Waals surface area contributed by atoms with Crippen LogP contribution in [0.2, 0.25) is 5.02 Å². The molecule has 0 fully saturated rings. The van der Waals surface area contributed by atoms with Gasteiger partial charge in [-0.1, -0.05) is 11.6 Å².